The molecule has 156 valence electrons. The smallest absolute Gasteiger partial charge is 0.180 e. The zero-order valence-corrected chi connectivity index (χ0v) is 18.0. The summed E-state index contributed by atoms with van der Waals surface area (Å²) in [5.74, 6) is 5.11. The van der Waals surface area contributed by atoms with Crippen LogP contribution in [0.4, 0.5) is 0 Å². The number of aromatic nitrogens is 7. The van der Waals surface area contributed by atoms with Crippen LogP contribution >= 0.6 is 0 Å². The maximum atomic E-state index is 5.46. The van der Waals surface area contributed by atoms with Gasteiger partial charge in [-0.3, -0.25) is 0 Å². The van der Waals surface area contributed by atoms with Crippen LogP contribution in [0.25, 0.3) is 22.5 Å². The summed E-state index contributed by atoms with van der Waals surface area (Å²) < 4.78 is 1.95. The molecule has 2 aromatic heterocycles. The van der Waals surface area contributed by atoms with Gasteiger partial charge in [0.05, 0.1) is 6.54 Å². The first-order valence-corrected chi connectivity index (χ1v) is 10.3. The largest absolute Gasteiger partial charge is 0.248 e. The minimum atomic E-state index is -0.112. The summed E-state index contributed by atoms with van der Waals surface area (Å²) in [6, 6.07) is 16.6. The Bertz CT molecular complexity index is 1190. The third-order valence-corrected chi connectivity index (χ3v) is 5.04. The Hall–Kier alpha value is -3.79. The molecule has 0 fully saturated rings. The number of nitrogens with zero attached hydrogens (tertiary/aromatic N) is 6. The number of hydrogen-bond acceptors (Lipinski definition) is 5. The van der Waals surface area contributed by atoms with Gasteiger partial charge in [0, 0.05) is 23.8 Å². The highest BCUT2D eigenvalue weighted by atomic mass is 15.5. The second kappa shape index (κ2) is 8.52. The number of hydrogen-bond donors (Lipinski definition) is 1. The SMILES string of the molecule is C#CCCn1nc(C(C)(C)C)nc1Cc1ccc(-c2ccccc2-c2nnn[nH]2)cc1. The van der Waals surface area contributed by atoms with Crippen molar-refractivity contribution in [1.82, 2.24) is 35.4 Å². The molecule has 0 saturated carbocycles. The van der Waals surface area contributed by atoms with E-state index in [0.29, 0.717) is 25.2 Å². The molecule has 0 radical (unpaired) electrons. The van der Waals surface area contributed by atoms with Crippen LogP contribution < -0.4 is 0 Å². The molecule has 31 heavy (non-hydrogen) atoms. The molecule has 0 amide bonds. The molecule has 1 N–H and O–H groups in total. The van der Waals surface area contributed by atoms with E-state index in [-0.39, 0.29) is 5.41 Å². The van der Waals surface area contributed by atoms with E-state index in [1.807, 2.05) is 22.9 Å². The Morgan fingerprint density at radius 3 is 2.42 bits per heavy atom. The molecule has 2 heterocycles. The van der Waals surface area contributed by atoms with E-state index in [2.05, 4.69) is 77.6 Å². The van der Waals surface area contributed by atoms with Crippen LogP contribution in [0.3, 0.4) is 0 Å². The van der Waals surface area contributed by atoms with Crippen LogP contribution in [0.2, 0.25) is 0 Å². The lowest BCUT2D eigenvalue weighted by Crippen LogP contribution is -2.14. The van der Waals surface area contributed by atoms with Crippen molar-refractivity contribution >= 4 is 0 Å². The number of benzene rings is 2. The summed E-state index contributed by atoms with van der Waals surface area (Å²) in [7, 11) is 0. The Labute approximate surface area is 181 Å². The van der Waals surface area contributed by atoms with Crippen LogP contribution in [0.15, 0.2) is 48.5 Å². The van der Waals surface area contributed by atoms with E-state index in [1.165, 1.54) is 0 Å². The minimum Gasteiger partial charge on any atom is -0.248 e. The summed E-state index contributed by atoms with van der Waals surface area (Å²) in [5, 5.41) is 19.0. The van der Waals surface area contributed by atoms with Crippen LogP contribution in [0, 0.1) is 12.3 Å². The number of rotatable bonds is 6. The Kier molecular flexibility index (Phi) is 5.63. The lowest BCUT2D eigenvalue weighted by atomic mass is 9.96. The molecule has 4 aromatic rings. The lowest BCUT2D eigenvalue weighted by Gasteiger charge is -2.12. The Morgan fingerprint density at radius 2 is 1.77 bits per heavy atom. The van der Waals surface area contributed by atoms with Crippen LogP contribution in [-0.2, 0) is 18.4 Å². The number of aromatic amines is 1. The predicted molar refractivity (Wildman–Crippen MR) is 120 cm³/mol. The highest BCUT2D eigenvalue weighted by Crippen LogP contribution is 2.30. The van der Waals surface area contributed by atoms with Gasteiger partial charge < -0.3 is 0 Å². The first-order valence-electron chi connectivity index (χ1n) is 10.3. The fourth-order valence-electron chi connectivity index (χ4n) is 3.37. The normalized spacial score (nSPS) is 11.4. The van der Waals surface area contributed by atoms with Gasteiger partial charge in [-0.1, -0.05) is 69.3 Å². The third-order valence-electron chi connectivity index (χ3n) is 5.04. The van der Waals surface area contributed by atoms with Gasteiger partial charge in [0.2, 0.25) is 0 Å². The summed E-state index contributed by atoms with van der Waals surface area (Å²) in [4.78, 5) is 4.82. The molecule has 0 aliphatic heterocycles. The first-order chi connectivity index (χ1) is 15.0. The number of tetrazole rings is 1. The van der Waals surface area contributed by atoms with Gasteiger partial charge in [-0.05, 0) is 27.1 Å². The second-order valence-corrected chi connectivity index (χ2v) is 8.45. The van der Waals surface area contributed by atoms with E-state index >= 15 is 0 Å². The maximum Gasteiger partial charge on any atom is 0.180 e. The molecule has 0 bridgehead atoms. The molecule has 0 aliphatic rings. The Morgan fingerprint density at radius 1 is 1.03 bits per heavy atom. The number of nitrogens with one attached hydrogen (secondary N) is 1. The average molecular weight is 412 g/mol. The quantitative estimate of drug-likeness (QED) is 0.484. The van der Waals surface area contributed by atoms with Crippen molar-refractivity contribution in [3.05, 3.63) is 65.7 Å². The van der Waals surface area contributed by atoms with E-state index in [1.54, 1.807) is 0 Å². The van der Waals surface area contributed by atoms with Crippen molar-refractivity contribution in [2.45, 2.75) is 45.6 Å². The van der Waals surface area contributed by atoms with Crippen molar-refractivity contribution in [3.8, 4) is 34.9 Å². The van der Waals surface area contributed by atoms with Crippen LogP contribution in [0.5, 0.6) is 0 Å². The summed E-state index contributed by atoms with van der Waals surface area (Å²) in [5.41, 5.74) is 4.18. The minimum absolute atomic E-state index is 0.112. The van der Waals surface area contributed by atoms with E-state index in [0.717, 1.165) is 33.9 Å². The molecule has 2 aromatic carbocycles. The van der Waals surface area contributed by atoms with Gasteiger partial charge >= 0.3 is 0 Å². The van der Waals surface area contributed by atoms with Gasteiger partial charge in [0.25, 0.3) is 0 Å². The molecule has 0 aliphatic carbocycles. The molecule has 7 heteroatoms. The van der Waals surface area contributed by atoms with Crippen LogP contribution in [0.1, 0.15) is 44.4 Å². The standard InChI is InChI=1S/C24H25N7/c1-5-6-15-31-21(25-23(28-31)24(2,3)4)16-17-11-13-18(14-12-17)19-9-7-8-10-20(19)22-26-29-30-27-22/h1,7-14H,6,15-16H2,2-4H3,(H,26,27,29,30). The fraction of sp³-hybridized carbons (Fsp3) is 0.292. The lowest BCUT2D eigenvalue weighted by molar-refractivity contribution is 0.524. The molecule has 4 rings (SSSR count). The van der Waals surface area contributed by atoms with Gasteiger partial charge in [-0.15, -0.1) is 17.4 Å². The van der Waals surface area contributed by atoms with Gasteiger partial charge in [-0.2, -0.15) is 5.10 Å². The zero-order valence-electron chi connectivity index (χ0n) is 18.0. The highest BCUT2D eigenvalue weighted by molar-refractivity contribution is 5.80. The number of H-pyrrole nitrogens is 1. The molecule has 7 nitrogen and oxygen atoms in total. The van der Waals surface area contributed by atoms with Crippen molar-refractivity contribution in [2.75, 3.05) is 0 Å². The van der Waals surface area contributed by atoms with Crippen molar-refractivity contribution in [1.29, 1.82) is 0 Å². The number of aryl methyl sites for hydroxylation is 1. The highest BCUT2D eigenvalue weighted by Gasteiger charge is 2.22. The van der Waals surface area contributed by atoms with Crippen LogP contribution in [-0.4, -0.2) is 35.4 Å². The van der Waals surface area contributed by atoms with Gasteiger partial charge in [-0.25, -0.2) is 14.8 Å². The fourth-order valence-corrected chi connectivity index (χ4v) is 3.37. The molecular formula is C24H25N7. The van der Waals surface area contributed by atoms with E-state index in [9.17, 15) is 0 Å². The Balaban J connectivity index is 1.61. The molecule has 0 spiro atoms. The monoisotopic (exact) mass is 411 g/mol. The molecule has 0 atom stereocenters. The zero-order chi connectivity index (χ0) is 21.8. The van der Waals surface area contributed by atoms with Crippen molar-refractivity contribution < 1.29 is 0 Å². The van der Waals surface area contributed by atoms with E-state index < -0.39 is 0 Å². The third kappa shape index (κ3) is 4.53. The van der Waals surface area contributed by atoms with Gasteiger partial charge in [0.1, 0.15) is 5.82 Å². The second-order valence-electron chi connectivity index (χ2n) is 8.45. The van der Waals surface area contributed by atoms with Crippen molar-refractivity contribution in [3.63, 3.8) is 0 Å². The number of terminal acetylenes is 1. The summed E-state index contributed by atoms with van der Waals surface area (Å²) in [6.07, 6.45) is 6.79. The first kappa shape index (κ1) is 20.5. The molecular weight excluding hydrogens is 386 g/mol. The topological polar surface area (TPSA) is 85.2 Å². The maximum absolute atomic E-state index is 5.46. The predicted octanol–water partition coefficient (Wildman–Crippen LogP) is 4.04. The van der Waals surface area contributed by atoms with Gasteiger partial charge in [0.15, 0.2) is 11.6 Å². The summed E-state index contributed by atoms with van der Waals surface area (Å²) >= 11 is 0. The van der Waals surface area contributed by atoms with Crippen molar-refractivity contribution in [2.24, 2.45) is 0 Å². The van der Waals surface area contributed by atoms with E-state index in [4.69, 9.17) is 16.5 Å². The summed E-state index contributed by atoms with van der Waals surface area (Å²) in [6.45, 7) is 7.03. The molecule has 0 unspecified atom stereocenters. The molecule has 0 saturated heterocycles. The average Bonchev–Trinajstić information content (AvgIpc) is 3.43.